The molecule has 0 aliphatic carbocycles. The van der Waals surface area contributed by atoms with Gasteiger partial charge in [0.1, 0.15) is 0 Å². The van der Waals surface area contributed by atoms with E-state index in [-0.39, 0.29) is 11.9 Å². The zero-order valence-electron chi connectivity index (χ0n) is 21.2. The summed E-state index contributed by atoms with van der Waals surface area (Å²) in [7, 11) is 2.10. The number of anilines is 1. The maximum absolute atomic E-state index is 13.6. The lowest BCUT2D eigenvalue weighted by Crippen LogP contribution is -2.47. The van der Waals surface area contributed by atoms with Crippen LogP contribution in [-0.2, 0) is 12.8 Å². The zero-order valence-corrected chi connectivity index (χ0v) is 21.9. The lowest BCUT2D eigenvalue weighted by Gasteiger charge is -2.33. The molecule has 3 heterocycles. The summed E-state index contributed by atoms with van der Waals surface area (Å²) < 4.78 is 0. The second-order valence-electron chi connectivity index (χ2n) is 9.96. The van der Waals surface area contributed by atoms with Crippen molar-refractivity contribution in [2.24, 2.45) is 0 Å². The first-order chi connectivity index (χ1) is 17.5. The van der Waals surface area contributed by atoms with Crippen molar-refractivity contribution in [3.63, 3.8) is 0 Å². The molecule has 1 aromatic heterocycles. The number of carbonyl (C=O) groups excluding carboxylic acids is 1. The second-order valence-corrected chi connectivity index (χ2v) is 10.4. The fourth-order valence-corrected chi connectivity index (χ4v) is 5.40. The van der Waals surface area contributed by atoms with Crippen molar-refractivity contribution >= 4 is 23.5 Å². The molecule has 7 heteroatoms. The van der Waals surface area contributed by atoms with Crippen molar-refractivity contribution in [3.8, 4) is 0 Å². The lowest BCUT2D eigenvalue weighted by atomic mass is 10.0. The van der Waals surface area contributed by atoms with E-state index in [1.165, 1.54) is 16.7 Å². The van der Waals surface area contributed by atoms with Gasteiger partial charge in [0.2, 0.25) is 5.95 Å². The van der Waals surface area contributed by atoms with E-state index in [0.717, 1.165) is 62.7 Å². The molecule has 1 amide bonds. The van der Waals surface area contributed by atoms with Crippen LogP contribution in [0.5, 0.6) is 0 Å². The first-order valence-corrected chi connectivity index (χ1v) is 13.3. The molecule has 0 radical (unpaired) electrons. The molecule has 2 aromatic carbocycles. The van der Waals surface area contributed by atoms with Gasteiger partial charge in [0.25, 0.3) is 5.91 Å². The SMILES string of the molecule is Cc1ccccc1CCc1nc(N2CCCC2c2ccc(Cl)cc2)ncc1C(=O)N1CCN(C)CC1. The molecule has 2 fully saturated rings. The minimum Gasteiger partial charge on any atom is -0.336 e. The number of halogens is 1. The number of hydrogen-bond donors (Lipinski definition) is 0. The van der Waals surface area contributed by atoms with E-state index in [9.17, 15) is 4.79 Å². The topological polar surface area (TPSA) is 52.6 Å². The summed E-state index contributed by atoms with van der Waals surface area (Å²) in [6, 6.07) is 16.7. The third kappa shape index (κ3) is 5.40. The fraction of sp³-hybridized carbons (Fsp3) is 0.414. The Morgan fingerprint density at radius 1 is 1.00 bits per heavy atom. The Labute approximate surface area is 218 Å². The number of nitrogens with zero attached hydrogens (tertiary/aromatic N) is 5. The normalized spacial score (nSPS) is 18.6. The van der Waals surface area contributed by atoms with Gasteiger partial charge < -0.3 is 14.7 Å². The molecule has 2 aliphatic heterocycles. The summed E-state index contributed by atoms with van der Waals surface area (Å²) in [4.78, 5) is 29.8. The van der Waals surface area contributed by atoms with Crippen LogP contribution in [0.1, 0.15) is 51.6 Å². The molecule has 6 nitrogen and oxygen atoms in total. The van der Waals surface area contributed by atoms with Gasteiger partial charge in [-0.05, 0) is 68.5 Å². The molecule has 0 N–H and O–H groups in total. The standard InChI is InChI=1S/C29H34ClN5O/c1-21-6-3-4-7-22(21)11-14-26-25(28(36)34-18-16-33(2)17-19-34)20-31-29(32-26)35-15-5-8-27(35)23-9-12-24(30)13-10-23/h3-4,6-7,9-10,12-13,20,27H,5,8,11,14-19H2,1-2H3. The summed E-state index contributed by atoms with van der Waals surface area (Å²) in [6.07, 6.45) is 5.44. The van der Waals surface area contributed by atoms with Gasteiger partial charge >= 0.3 is 0 Å². The van der Waals surface area contributed by atoms with Gasteiger partial charge in [-0.2, -0.15) is 0 Å². The highest BCUT2D eigenvalue weighted by Gasteiger charge is 2.30. The maximum atomic E-state index is 13.6. The Hall–Kier alpha value is -2.96. The summed E-state index contributed by atoms with van der Waals surface area (Å²) in [5, 5.41) is 0.741. The number of benzene rings is 2. The van der Waals surface area contributed by atoms with Gasteiger partial charge in [-0.25, -0.2) is 9.97 Å². The third-order valence-electron chi connectivity index (χ3n) is 7.53. The molecule has 1 unspecified atom stereocenters. The molecule has 0 spiro atoms. The Kier molecular flexibility index (Phi) is 7.54. The number of aryl methyl sites for hydroxylation is 3. The Bertz CT molecular complexity index is 1210. The number of likely N-dealkylation sites (N-methyl/N-ethyl adjacent to an activating group) is 1. The molecular formula is C29H34ClN5O. The first kappa shape index (κ1) is 24.7. The van der Waals surface area contributed by atoms with Crippen LogP contribution < -0.4 is 4.90 Å². The monoisotopic (exact) mass is 503 g/mol. The predicted octanol–water partition coefficient (Wildman–Crippen LogP) is 4.95. The smallest absolute Gasteiger partial charge is 0.257 e. The van der Waals surface area contributed by atoms with Crippen LogP contribution in [-0.4, -0.2) is 65.4 Å². The van der Waals surface area contributed by atoms with E-state index in [4.69, 9.17) is 21.6 Å². The summed E-state index contributed by atoms with van der Waals surface area (Å²) in [6.45, 7) is 6.28. The van der Waals surface area contributed by atoms with Gasteiger partial charge in [-0.1, -0.05) is 48.0 Å². The molecule has 2 saturated heterocycles. The molecule has 2 aliphatic rings. The molecule has 5 rings (SSSR count). The number of aromatic nitrogens is 2. The van der Waals surface area contributed by atoms with Gasteiger partial charge in [-0.3, -0.25) is 4.79 Å². The highest BCUT2D eigenvalue weighted by molar-refractivity contribution is 6.30. The van der Waals surface area contributed by atoms with Crippen molar-refractivity contribution in [2.75, 3.05) is 44.7 Å². The van der Waals surface area contributed by atoms with Crippen LogP contribution in [0.4, 0.5) is 5.95 Å². The lowest BCUT2D eigenvalue weighted by molar-refractivity contribution is 0.0662. The van der Waals surface area contributed by atoms with E-state index in [2.05, 4.69) is 60.2 Å². The molecule has 0 saturated carbocycles. The van der Waals surface area contributed by atoms with Gasteiger partial charge in [0.05, 0.1) is 17.3 Å². The van der Waals surface area contributed by atoms with Crippen molar-refractivity contribution < 1.29 is 4.79 Å². The number of amides is 1. The summed E-state index contributed by atoms with van der Waals surface area (Å²) >= 11 is 6.13. The number of hydrogen-bond acceptors (Lipinski definition) is 5. The molecular weight excluding hydrogens is 470 g/mol. The summed E-state index contributed by atoms with van der Waals surface area (Å²) in [5.41, 5.74) is 5.25. The van der Waals surface area contributed by atoms with Gasteiger partial charge in [0, 0.05) is 43.9 Å². The minimum atomic E-state index is 0.0464. The average molecular weight is 504 g/mol. The second kappa shape index (κ2) is 11.0. The molecule has 0 bridgehead atoms. The van der Waals surface area contributed by atoms with E-state index in [1.54, 1.807) is 6.20 Å². The highest BCUT2D eigenvalue weighted by Crippen LogP contribution is 2.35. The number of carbonyl (C=O) groups is 1. The van der Waals surface area contributed by atoms with Crippen molar-refractivity contribution in [1.82, 2.24) is 19.8 Å². The highest BCUT2D eigenvalue weighted by atomic mass is 35.5. The first-order valence-electron chi connectivity index (χ1n) is 12.9. The van der Waals surface area contributed by atoms with E-state index >= 15 is 0 Å². The van der Waals surface area contributed by atoms with Crippen LogP contribution in [0, 0.1) is 6.92 Å². The molecule has 36 heavy (non-hydrogen) atoms. The number of rotatable bonds is 6. The van der Waals surface area contributed by atoms with E-state index in [1.807, 2.05) is 17.0 Å². The van der Waals surface area contributed by atoms with Crippen LogP contribution in [0.3, 0.4) is 0 Å². The Balaban J connectivity index is 1.45. The third-order valence-corrected chi connectivity index (χ3v) is 7.78. The summed E-state index contributed by atoms with van der Waals surface area (Å²) in [5.74, 6) is 0.757. The molecule has 188 valence electrons. The van der Waals surface area contributed by atoms with Crippen LogP contribution >= 0.6 is 11.6 Å². The van der Waals surface area contributed by atoms with Crippen molar-refractivity contribution in [2.45, 2.75) is 38.6 Å². The van der Waals surface area contributed by atoms with Crippen LogP contribution in [0.15, 0.2) is 54.7 Å². The van der Waals surface area contributed by atoms with E-state index in [0.29, 0.717) is 17.9 Å². The van der Waals surface area contributed by atoms with Gasteiger partial charge in [0.15, 0.2) is 0 Å². The predicted molar refractivity (Wildman–Crippen MR) is 145 cm³/mol. The number of piperazine rings is 1. The van der Waals surface area contributed by atoms with Crippen molar-refractivity contribution in [1.29, 1.82) is 0 Å². The quantitative estimate of drug-likeness (QED) is 0.476. The Morgan fingerprint density at radius 3 is 2.50 bits per heavy atom. The minimum absolute atomic E-state index is 0.0464. The fourth-order valence-electron chi connectivity index (χ4n) is 5.28. The molecule has 3 aromatic rings. The largest absolute Gasteiger partial charge is 0.336 e. The van der Waals surface area contributed by atoms with Gasteiger partial charge in [-0.15, -0.1) is 0 Å². The van der Waals surface area contributed by atoms with Crippen molar-refractivity contribution in [3.05, 3.63) is 87.7 Å². The van der Waals surface area contributed by atoms with Crippen LogP contribution in [0.2, 0.25) is 5.02 Å². The zero-order chi connectivity index (χ0) is 25.1. The van der Waals surface area contributed by atoms with Crippen LogP contribution in [0.25, 0.3) is 0 Å². The maximum Gasteiger partial charge on any atom is 0.257 e. The average Bonchev–Trinajstić information content (AvgIpc) is 3.39. The van der Waals surface area contributed by atoms with E-state index < -0.39 is 0 Å². The molecule has 1 atom stereocenters. The Morgan fingerprint density at radius 2 is 1.75 bits per heavy atom.